The van der Waals surface area contributed by atoms with Crippen molar-refractivity contribution in [1.82, 2.24) is 10.6 Å². The summed E-state index contributed by atoms with van der Waals surface area (Å²) in [6, 6.07) is -0.104. The van der Waals surface area contributed by atoms with E-state index in [2.05, 4.69) is 23.3 Å². The molecule has 0 aromatic rings. The molecule has 0 aromatic carbocycles. The van der Waals surface area contributed by atoms with Crippen molar-refractivity contribution < 1.29 is 4.79 Å². The summed E-state index contributed by atoms with van der Waals surface area (Å²) in [5, 5.41) is 5.95. The topological polar surface area (TPSA) is 41.1 Å². The average Bonchev–Trinajstić information content (AvgIpc) is 2.56. The van der Waals surface area contributed by atoms with E-state index in [9.17, 15) is 4.79 Å². The standard InChI is InChI=1S/C10H14N2O/c1-7-6-11-9(10(13)12-7)8-4-2-3-5-8/h4,9,11H,1-3,5-6H2,(H,12,13). The molecule has 3 heteroatoms. The van der Waals surface area contributed by atoms with Crippen LogP contribution in [0, 0.1) is 0 Å². The molecule has 1 saturated heterocycles. The second-order valence-corrected chi connectivity index (χ2v) is 3.58. The number of allylic oxidation sites excluding steroid dienone is 1. The van der Waals surface area contributed by atoms with Crippen LogP contribution in [0.1, 0.15) is 19.3 Å². The lowest BCUT2D eigenvalue weighted by Crippen LogP contribution is -2.51. The Balaban J connectivity index is 2.07. The fourth-order valence-corrected chi connectivity index (χ4v) is 1.87. The molecular weight excluding hydrogens is 164 g/mol. The van der Waals surface area contributed by atoms with Gasteiger partial charge in [0.1, 0.15) is 6.04 Å². The van der Waals surface area contributed by atoms with Crippen molar-refractivity contribution in [2.24, 2.45) is 0 Å². The molecule has 0 bridgehead atoms. The Labute approximate surface area is 77.9 Å². The maximum Gasteiger partial charge on any atom is 0.245 e. The molecule has 2 N–H and O–H groups in total. The van der Waals surface area contributed by atoms with E-state index in [4.69, 9.17) is 0 Å². The van der Waals surface area contributed by atoms with Gasteiger partial charge >= 0.3 is 0 Å². The summed E-state index contributed by atoms with van der Waals surface area (Å²) in [6.45, 7) is 4.40. The quantitative estimate of drug-likeness (QED) is 0.580. The van der Waals surface area contributed by atoms with Gasteiger partial charge < -0.3 is 5.32 Å². The molecule has 2 aliphatic rings. The van der Waals surface area contributed by atoms with Crippen LogP contribution in [0.2, 0.25) is 0 Å². The summed E-state index contributed by atoms with van der Waals surface area (Å²) in [5.41, 5.74) is 2.00. The van der Waals surface area contributed by atoms with Crippen molar-refractivity contribution in [3.8, 4) is 0 Å². The fraction of sp³-hybridized carbons (Fsp3) is 0.500. The molecule has 3 nitrogen and oxygen atoms in total. The first kappa shape index (κ1) is 8.51. The molecule has 0 spiro atoms. The zero-order valence-corrected chi connectivity index (χ0v) is 7.60. The molecule has 1 atom stereocenters. The van der Waals surface area contributed by atoms with Gasteiger partial charge in [0.2, 0.25) is 5.91 Å². The summed E-state index contributed by atoms with van der Waals surface area (Å²) in [4.78, 5) is 11.5. The van der Waals surface area contributed by atoms with E-state index in [1.165, 1.54) is 12.0 Å². The van der Waals surface area contributed by atoms with Gasteiger partial charge in [-0.1, -0.05) is 12.7 Å². The first-order valence-corrected chi connectivity index (χ1v) is 4.68. The smallest absolute Gasteiger partial charge is 0.245 e. The molecule has 0 aromatic heterocycles. The van der Waals surface area contributed by atoms with Crippen LogP contribution >= 0.6 is 0 Å². The van der Waals surface area contributed by atoms with Crippen molar-refractivity contribution >= 4 is 5.91 Å². The molecule has 1 aliphatic carbocycles. The van der Waals surface area contributed by atoms with Gasteiger partial charge in [-0.3, -0.25) is 10.1 Å². The number of hydrogen-bond donors (Lipinski definition) is 2. The molecule has 0 saturated carbocycles. The summed E-state index contributed by atoms with van der Waals surface area (Å²) in [5.74, 6) is 0.0457. The minimum absolute atomic E-state index is 0.0457. The lowest BCUT2D eigenvalue weighted by molar-refractivity contribution is -0.122. The number of rotatable bonds is 1. The summed E-state index contributed by atoms with van der Waals surface area (Å²) < 4.78 is 0. The van der Waals surface area contributed by atoms with Crippen LogP contribution in [0.4, 0.5) is 0 Å². The fourth-order valence-electron chi connectivity index (χ4n) is 1.87. The van der Waals surface area contributed by atoms with Crippen molar-refractivity contribution in [2.45, 2.75) is 25.3 Å². The van der Waals surface area contributed by atoms with Crippen LogP contribution in [0.5, 0.6) is 0 Å². The van der Waals surface area contributed by atoms with Gasteiger partial charge in [-0.2, -0.15) is 0 Å². The van der Waals surface area contributed by atoms with Gasteiger partial charge in [-0.05, 0) is 24.8 Å². The Morgan fingerprint density at radius 1 is 1.54 bits per heavy atom. The Bertz CT molecular complexity index is 281. The number of amides is 1. The molecule has 1 unspecified atom stereocenters. The zero-order chi connectivity index (χ0) is 9.26. The summed E-state index contributed by atoms with van der Waals surface area (Å²) in [6.07, 6.45) is 5.52. The van der Waals surface area contributed by atoms with Crippen molar-refractivity contribution in [2.75, 3.05) is 6.54 Å². The highest BCUT2D eigenvalue weighted by atomic mass is 16.2. The van der Waals surface area contributed by atoms with E-state index in [1.807, 2.05) is 0 Å². The molecule has 1 heterocycles. The van der Waals surface area contributed by atoms with Gasteiger partial charge in [-0.25, -0.2) is 0 Å². The van der Waals surface area contributed by atoms with Gasteiger partial charge in [0.25, 0.3) is 0 Å². The normalized spacial score (nSPS) is 28.6. The highest BCUT2D eigenvalue weighted by Crippen LogP contribution is 2.22. The molecule has 70 valence electrons. The lowest BCUT2D eigenvalue weighted by Gasteiger charge is -2.25. The summed E-state index contributed by atoms with van der Waals surface area (Å²) >= 11 is 0. The van der Waals surface area contributed by atoms with Gasteiger partial charge in [0, 0.05) is 12.2 Å². The number of piperazine rings is 1. The number of carbonyl (C=O) groups is 1. The lowest BCUT2D eigenvalue weighted by atomic mass is 10.0. The van der Waals surface area contributed by atoms with Crippen molar-refractivity contribution in [3.63, 3.8) is 0 Å². The molecule has 1 aliphatic heterocycles. The van der Waals surface area contributed by atoms with Crippen LogP contribution in [0.15, 0.2) is 23.9 Å². The van der Waals surface area contributed by atoms with Crippen LogP contribution in [-0.2, 0) is 4.79 Å². The number of nitrogens with one attached hydrogen (secondary N) is 2. The third-order valence-corrected chi connectivity index (χ3v) is 2.53. The third kappa shape index (κ3) is 1.65. The zero-order valence-electron chi connectivity index (χ0n) is 7.60. The first-order valence-electron chi connectivity index (χ1n) is 4.68. The largest absolute Gasteiger partial charge is 0.327 e. The maximum absolute atomic E-state index is 11.5. The Kier molecular flexibility index (Phi) is 2.19. The first-order chi connectivity index (χ1) is 6.27. The third-order valence-electron chi connectivity index (χ3n) is 2.53. The van der Waals surface area contributed by atoms with Crippen molar-refractivity contribution in [1.29, 1.82) is 0 Å². The van der Waals surface area contributed by atoms with E-state index in [0.29, 0.717) is 6.54 Å². The van der Waals surface area contributed by atoms with Gasteiger partial charge in [0.15, 0.2) is 0 Å². The SMILES string of the molecule is C=C1CNC(C2=CCCC2)C(=O)N1. The second kappa shape index (κ2) is 3.34. The second-order valence-electron chi connectivity index (χ2n) is 3.58. The predicted octanol–water partition coefficient (Wildman–Crippen LogP) is 0.698. The minimum Gasteiger partial charge on any atom is -0.327 e. The number of carbonyl (C=O) groups excluding carboxylic acids is 1. The van der Waals surface area contributed by atoms with E-state index < -0.39 is 0 Å². The highest BCUT2D eigenvalue weighted by Gasteiger charge is 2.27. The van der Waals surface area contributed by atoms with Gasteiger partial charge in [0.05, 0.1) is 0 Å². The minimum atomic E-state index is -0.104. The van der Waals surface area contributed by atoms with Crippen molar-refractivity contribution in [3.05, 3.63) is 23.9 Å². The van der Waals surface area contributed by atoms with Crippen LogP contribution < -0.4 is 10.6 Å². The molecule has 13 heavy (non-hydrogen) atoms. The molecule has 2 rings (SSSR count). The van der Waals surface area contributed by atoms with E-state index in [-0.39, 0.29) is 11.9 Å². The Morgan fingerprint density at radius 3 is 3.00 bits per heavy atom. The molecule has 1 amide bonds. The van der Waals surface area contributed by atoms with E-state index in [1.54, 1.807) is 0 Å². The summed E-state index contributed by atoms with van der Waals surface area (Å²) in [7, 11) is 0. The van der Waals surface area contributed by atoms with E-state index in [0.717, 1.165) is 18.5 Å². The Hall–Kier alpha value is -1.09. The highest BCUT2D eigenvalue weighted by molar-refractivity contribution is 5.87. The monoisotopic (exact) mass is 178 g/mol. The average molecular weight is 178 g/mol. The van der Waals surface area contributed by atoms with Crippen LogP contribution in [0.25, 0.3) is 0 Å². The predicted molar refractivity (Wildman–Crippen MR) is 51.0 cm³/mol. The van der Waals surface area contributed by atoms with Crippen LogP contribution in [0.3, 0.4) is 0 Å². The van der Waals surface area contributed by atoms with Crippen LogP contribution in [-0.4, -0.2) is 18.5 Å². The van der Waals surface area contributed by atoms with Gasteiger partial charge in [-0.15, -0.1) is 0 Å². The number of hydrogen-bond acceptors (Lipinski definition) is 2. The van der Waals surface area contributed by atoms with E-state index >= 15 is 0 Å². The molecular formula is C10H14N2O. The molecule has 1 fully saturated rings. The molecule has 0 radical (unpaired) electrons. The maximum atomic E-state index is 11.5. The Morgan fingerprint density at radius 2 is 2.38 bits per heavy atom.